The first kappa shape index (κ1) is 15.8. The van der Waals surface area contributed by atoms with Crippen LogP contribution in [-0.4, -0.2) is 31.1 Å². The molecule has 1 aromatic carbocycles. The van der Waals surface area contributed by atoms with Gasteiger partial charge in [-0.05, 0) is 45.0 Å². The largest absolute Gasteiger partial charge is 0.497 e. The van der Waals surface area contributed by atoms with Gasteiger partial charge in [0.25, 0.3) is 0 Å². The zero-order valence-corrected chi connectivity index (χ0v) is 12.2. The number of ether oxygens (including phenoxy) is 1. The van der Waals surface area contributed by atoms with Crippen LogP contribution in [-0.2, 0) is 4.79 Å². The molecule has 0 saturated heterocycles. The molecule has 110 valence electrons. The Bertz CT molecular complexity index is 457. The fourth-order valence-electron chi connectivity index (χ4n) is 1.52. The average Bonchev–Trinajstić information content (AvgIpc) is 2.38. The predicted octanol–water partition coefficient (Wildman–Crippen LogP) is 1.73. The van der Waals surface area contributed by atoms with Crippen LogP contribution in [0.3, 0.4) is 0 Å². The van der Waals surface area contributed by atoms with E-state index in [-0.39, 0.29) is 11.9 Å². The highest BCUT2D eigenvalue weighted by Crippen LogP contribution is 2.15. The van der Waals surface area contributed by atoms with E-state index >= 15 is 0 Å². The minimum absolute atomic E-state index is 0.0207. The van der Waals surface area contributed by atoms with Gasteiger partial charge in [0.05, 0.1) is 7.11 Å². The van der Waals surface area contributed by atoms with E-state index in [0.717, 1.165) is 11.4 Å². The average molecular weight is 279 g/mol. The van der Waals surface area contributed by atoms with Crippen molar-refractivity contribution < 1.29 is 14.3 Å². The third kappa shape index (κ3) is 5.17. The number of methoxy groups -OCH3 is 1. The zero-order chi connectivity index (χ0) is 15.1. The SMILES string of the molecule is COc1ccc(NC(C)C(=O)NC(=O)NC(C)C)cc1. The molecule has 6 heteroatoms. The maximum atomic E-state index is 11.8. The van der Waals surface area contributed by atoms with Gasteiger partial charge in [-0.3, -0.25) is 10.1 Å². The molecule has 0 aliphatic carbocycles. The topological polar surface area (TPSA) is 79.5 Å². The van der Waals surface area contributed by atoms with Crippen LogP contribution in [0, 0.1) is 0 Å². The summed E-state index contributed by atoms with van der Waals surface area (Å²) in [6, 6.07) is 6.15. The van der Waals surface area contributed by atoms with Crippen molar-refractivity contribution in [1.82, 2.24) is 10.6 Å². The van der Waals surface area contributed by atoms with Gasteiger partial charge in [0.2, 0.25) is 5.91 Å². The summed E-state index contributed by atoms with van der Waals surface area (Å²) in [7, 11) is 1.59. The normalized spacial score (nSPS) is 11.7. The second-order valence-corrected chi connectivity index (χ2v) is 4.71. The Labute approximate surface area is 118 Å². The van der Waals surface area contributed by atoms with Gasteiger partial charge in [0.15, 0.2) is 0 Å². The molecule has 1 unspecified atom stereocenters. The van der Waals surface area contributed by atoms with Crippen molar-refractivity contribution in [2.75, 3.05) is 12.4 Å². The van der Waals surface area contributed by atoms with E-state index in [1.54, 1.807) is 38.3 Å². The number of benzene rings is 1. The first-order valence-electron chi connectivity index (χ1n) is 6.44. The Morgan fingerprint density at radius 2 is 1.70 bits per heavy atom. The lowest BCUT2D eigenvalue weighted by Gasteiger charge is -2.16. The first-order valence-corrected chi connectivity index (χ1v) is 6.44. The molecule has 1 aromatic rings. The minimum Gasteiger partial charge on any atom is -0.497 e. The Kier molecular flexibility index (Phi) is 5.83. The lowest BCUT2D eigenvalue weighted by molar-refractivity contribution is -0.120. The van der Waals surface area contributed by atoms with Crippen molar-refractivity contribution in [2.45, 2.75) is 32.9 Å². The number of carbonyl (C=O) groups excluding carboxylic acids is 2. The lowest BCUT2D eigenvalue weighted by Crippen LogP contribution is -2.47. The Hall–Kier alpha value is -2.24. The summed E-state index contributed by atoms with van der Waals surface area (Å²) in [5, 5.41) is 7.87. The number of carbonyl (C=O) groups is 2. The van der Waals surface area contributed by atoms with Crippen LogP contribution in [0.2, 0.25) is 0 Å². The molecule has 0 heterocycles. The standard InChI is InChI=1S/C14H21N3O3/c1-9(2)15-14(19)17-13(18)10(3)16-11-5-7-12(20-4)8-6-11/h5-10,16H,1-4H3,(H2,15,17,18,19). The van der Waals surface area contributed by atoms with Crippen molar-refractivity contribution in [2.24, 2.45) is 0 Å². The summed E-state index contributed by atoms with van der Waals surface area (Å²) in [4.78, 5) is 23.2. The summed E-state index contributed by atoms with van der Waals surface area (Å²) < 4.78 is 5.05. The third-order valence-corrected chi connectivity index (χ3v) is 2.52. The molecule has 6 nitrogen and oxygen atoms in total. The van der Waals surface area contributed by atoms with Crippen LogP contribution in [0.4, 0.5) is 10.5 Å². The van der Waals surface area contributed by atoms with Crippen molar-refractivity contribution in [1.29, 1.82) is 0 Å². The van der Waals surface area contributed by atoms with Gasteiger partial charge >= 0.3 is 6.03 Å². The van der Waals surface area contributed by atoms with Crippen LogP contribution in [0.25, 0.3) is 0 Å². The Balaban J connectivity index is 2.50. The second kappa shape index (κ2) is 7.37. The maximum Gasteiger partial charge on any atom is 0.321 e. The van der Waals surface area contributed by atoms with E-state index in [1.165, 1.54) is 0 Å². The minimum atomic E-state index is -0.527. The van der Waals surface area contributed by atoms with Crippen molar-refractivity contribution in [3.8, 4) is 5.75 Å². The highest BCUT2D eigenvalue weighted by atomic mass is 16.5. The molecule has 0 aliphatic heterocycles. The highest BCUT2D eigenvalue weighted by Gasteiger charge is 2.15. The Morgan fingerprint density at radius 3 is 2.20 bits per heavy atom. The zero-order valence-electron chi connectivity index (χ0n) is 12.2. The number of anilines is 1. The molecule has 20 heavy (non-hydrogen) atoms. The van der Waals surface area contributed by atoms with Gasteiger partial charge in [0.1, 0.15) is 11.8 Å². The van der Waals surface area contributed by atoms with E-state index in [2.05, 4.69) is 16.0 Å². The quantitative estimate of drug-likeness (QED) is 0.767. The fourth-order valence-corrected chi connectivity index (χ4v) is 1.52. The molecule has 0 bridgehead atoms. The molecule has 0 radical (unpaired) electrons. The van der Waals surface area contributed by atoms with E-state index in [4.69, 9.17) is 4.74 Å². The van der Waals surface area contributed by atoms with Gasteiger partial charge < -0.3 is 15.4 Å². The first-order chi connectivity index (χ1) is 9.42. The van der Waals surface area contributed by atoms with E-state index in [9.17, 15) is 9.59 Å². The number of hydrogen-bond donors (Lipinski definition) is 3. The fraction of sp³-hybridized carbons (Fsp3) is 0.429. The monoisotopic (exact) mass is 279 g/mol. The molecule has 1 atom stereocenters. The van der Waals surface area contributed by atoms with E-state index in [1.807, 2.05) is 13.8 Å². The summed E-state index contributed by atoms with van der Waals surface area (Å²) >= 11 is 0. The lowest BCUT2D eigenvalue weighted by atomic mass is 10.2. The molecule has 0 fully saturated rings. The van der Waals surface area contributed by atoms with Crippen LogP contribution >= 0.6 is 0 Å². The second-order valence-electron chi connectivity index (χ2n) is 4.71. The third-order valence-electron chi connectivity index (χ3n) is 2.52. The van der Waals surface area contributed by atoms with Crippen molar-refractivity contribution >= 4 is 17.6 Å². The molecule has 0 aliphatic rings. The van der Waals surface area contributed by atoms with Crippen LogP contribution in [0.5, 0.6) is 5.75 Å². The van der Waals surface area contributed by atoms with E-state index in [0.29, 0.717) is 0 Å². The number of imide groups is 1. The van der Waals surface area contributed by atoms with Crippen LogP contribution in [0.1, 0.15) is 20.8 Å². The molecule has 0 aromatic heterocycles. The number of urea groups is 1. The number of rotatable bonds is 5. The van der Waals surface area contributed by atoms with Crippen LogP contribution in [0.15, 0.2) is 24.3 Å². The summed E-state index contributed by atoms with van der Waals surface area (Å²) in [5.41, 5.74) is 0.776. The van der Waals surface area contributed by atoms with Gasteiger partial charge in [-0.2, -0.15) is 0 Å². The van der Waals surface area contributed by atoms with Crippen molar-refractivity contribution in [3.05, 3.63) is 24.3 Å². The number of nitrogens with one attached hydrogen (secondary N) is 3. The molecule has 0 spiro atoms. The van der Waals surface area contributed by atoms with Gasteiger partial charge in [-0.15, -0.1) is 0 Å². The molecule has 0 saturated carbocycles. The summed E-state index contributed by atoms with van der Waals surface area (Å²) in [6.45, 7) is 5.33. The molecule has 1 rings (SSSR count). The molecule has 3 N–H and O–H groups in total. The predicted molar refractivity (Wildman–Crippen MR) is 77.9 cm³/mol. The van der Waals surface area contributed by atoms with Gasteiger partial charge in [0, 0.05) is 11.7 Å². The highest BCUT2D eigenvalue weighted by molar-refractivity contribution is 5.98. The number of amides is 3. The maximum absolute atomic E-state index is 11.8. The van der Waals surface area contributed by atoms with Gasteiger partial charge in [-0.25, -0.2) is 4.79 Å². The smallest absolute Gasteiger partial charge is 0.321 e. The summed E-state index contributed by atoms with van der Waals surface area (Å²) in [5.74, 6) is 0.350. The Morgan fingerprint density at radius 1 is 1.10 bits per heavy atom. The van der Waals surface area contributed by atoms with Crippen LogP contribution < -0.4 is 20.7 Å². The molecule has 3 amide bonds. The molecular formula is C14H21N3O3. The van der Waals surface area contributed by atoms with E-state index < -0.39 is 12.1 Å². The van der Waals surface area contributed by atoms with Gasteiger partial charge in [-0.1, -0.05) is 0 Å². The summed E-state index contributed by atoms with van der Waals surface area (Å²) in [6.07, 6.45) is 0. The molecular weight excluding hydrogens is 258 g/mol. The number of hydrogen-bond acceptors (Lipinski definition) is 4. The van der Waals surface area contributed by atoms with Crippen molar-refractivity contribution in [3.63, 3.8) is 0 Å².